The topological polar surface area (TPSA) is 102 Å². The number of amides is 1. The van der Waals surface area contributed by atoms with E-state index in [-0.39, 0.29) is 5.75 Å². The van der Waals surface area contributed by atoms with Gasteiger partial charge in [0.2, 0.25) is 6.41 Å². The van der Waals surface area contributed by atoms with E-state index < -0.39 is 0 Å². The molecule has 2 fully saturated rings. The Morgan fingerprint density at radius 3 is 2.48 bits per heavy atom. The minimum absolute atomic E-state index is 0.191. The van der Waals surface area contributed by atoms with Crippen molar-refractivity contribution in [2.24, 2.45) is 0 Å². The number of phenolic OH excluding ortho intramolecular Hbond substituents is 1. The summed E-state index contributed by atoms with van der Waals surface area (Å²) in [6.45, 7) is 5.57. The number of nitrogens with zero attached hydrogens (tertiary/aromatic N) is 3. The highest BCUT2D eigenvalue weighted by Gasteiger charge is 2.18. The van der Waals surface area contributed by atoms with Gasteiger partial charge in [0.25, 0.3) is 0 Å². The van der Waals surface area contributed by atoms with Crippen LogP contribution in [0.2, 0.25) is 0 Å². The van der Waals surface area contributed by atoms with E-state index in [1.165, 1.54) is 0 Å². The van der Waals surface area contributed by atoms with Gasteiger partial charge in [0.1, 0.15) is 11.6 Å². The minimum Gasteiger partial charge on any atom is -0.507 e. The SMILES string of the molecule is O=CN1CCNCC1.Oc1ccccc1-c1nc(NC2CCNC2)c2ccccc2n1. The van der Waals surface area contributed by atoms with E-state index in [2.05, 4.69) is 25.9 Å². The molecule has 0 bridgehead atoms. The van der Waals surface area contributed by atoms with Crippen LogP contribution in [0.1, 0.15) is 6.42 Å². The van der Waals surface area contributed by atoms with Crippen LogP contribution in [-0.4, -0.2) is 71.7 Å². The second-order valence-electron chi connectivity index (χ2n) is 7.66. The molecule has 3 heterocycles. The Bertz CT molecular complexity index is 1020. The number of nitrogens with one attached hydrogen (secondary N) is 3. The predicted octanol–water partition coefficient (Wildman–Crippen LogP) is 1.82. The van der Waals surface area contributed by atoms with Crippen molar-refractivity contribution in [1.29, 1.82) is 0 Å². The first-order valence-electron chi connectivity index (χ1n) is 10.7. The van der Waals surface area contributed by atoms with Gasteiger partial charge in [-0.3, -0.25) is 4.79 Å². The first-order valence-corrected chi connectivity index (χ1v) is 10.7. The molecule has 0 aliphatic carbocycles. The number of rotatable bonds is 4. The molecule has 1 unspecified atom stereocenters. The monoisotopic (exact) mass is 420 g/mol. The van der Waals surface area contributed by atoms with Crippen molar-refractivity contribution >= 4 is 23.1 Å². The lowest BCUT2D eigenvalue weighted by Gasteiger charge is -2.22. The van der Waals surface area contributed by atoms with E-state index >= 15 is 0 Å². The summed E-state index contributed by atoms with van der Waals surface area (Å²) in [4.78, 5) is 21.1. The molecule has 31 heavy (non-hydrogen) atoms. The summed E-state index contributed by atoms with van der Waals surface area (Å²) in [5.41, 5.74) is 1.51. The average Bonchev–Trinajstić information content (AvgIpc) is 3.33. The summed E-state index contributed by atoms with van der Waals surface area (Å²) in [6, 6.07) is 15.5. The lowest BCUT2D eigenvalue weighted by Crippen LogP contribution is -2.42. The van der Waals surface area contributed by atoms with Crippen molar-refractivity contribution < 1.29 is 9.90 Å². The zero-order valence-corrected chi connectivity index (χ0v) is 17.4. The minimum atomic E-state index is 0.191. The lowest BCUT2D eigenvalue weighted by molar-refractivity contribution is -0.118. The summed E-state index contributed by atoms with van der Waals surface area (Å²) in [5, 5.41) is 21.1. The van der Waals surface area contributed by atoms with Gasteiger partial charge in [0.05, 0.1) is 11.1 Å². The van der Waals surface area contributed by atoms with Crippen LogP contribution in [0.5, 0.6) is 5.75 Å². The van der Waals surface area contributed by atoms with Crippen molar-refractivity contribution in [2.45, 2.75) is 12.5 Å². The van der Waals surface area contributed by atoms with Gasteiger partial charge in [-0.05, 0) is 37.2 Å². The van der Waals surface area contributed by atoms with E-state index in [0.29, 0.717) is 17.4 Å². The number of para-hydroxylation sites is 2. The number of aromatic hydroxyl groups is 1. The molecule has 1 amide bonds. The van der Waals surface area contributed by atoms with Crippen LogP contribution in [0.4, 0.5) is 5.82 Å². The summed E-state index contributed by atoms with van der Waals surface area (Å²) >= 11 is 0. The third-order valence-electron chi connectivity index (χ3n) is 5.45. The second-order valence-corrected chi connectivity index (χ2v) is 7.66. The van der Waals surface area contributed by atoms with Gasteiger partial charge >= 0.3 is 0 Å². The largest absolute Gasteiger partial charge is 0.507 e. The highest BCUT2D eigenvalue weighted by atomic mass is 16.3. The fourth-order valence-corrected chi connectivity index (χ4v) is 3.73. The van der Waals surface area contributed by atoms with Gasteiger partial charge in [0.15, 0.2) is 5.82 Å². The van der Waals surface area contributed by atoms with E-state index in [1.54, 1.807) is 17.0 Å². The van der Waals surface area contributed by atoms with Crippen LogP contribution >= 0.6 is 0 Å². The van der Waals surface area contributed by atoms with Crippen LogP contribution in [0.25, 0.3) is 22.3 Å². The highest BCUT2D eigenvalue weighted by molar-refractivity contribution is 5.91. The summed E-state index contributed by atoms with van der Waals surface area (Å²) in [7, 11) is 0. The van der Waals surface area contributed by atoms with Crippen molar-refractivity contribution in [3.63, 3.8) is 0 Å². The number of carbonyl (C=O) groups is 1. The number of phenols is 1. The molecule has 1 aromatic heterocycles. The summed E-state index contributed by atoms with van der Waals surface area (Å²) in [6.07, 6.45) is 1.98. The molecular formula is C23H28N6O2. The summed E-state index contributed by atoms with van der Waals surface area (Å²) < 4.78 is 0. The van der Waals surface area contributed by atoms with Gasteiger partial charge in [-0.25, -0.2) is 9.97 Å². The molecule has 2 aromatic carbocycles. The third-order valence-corrected chi connectivity index (χ3v) is 5.45. The van der Waals surface area contributed by atoms with Crippen LogP contribution in [0.15, 0.2) is 48.5 Å². The van der Waals surface area contributed by atoms with E-state index in [9.17, 15) is 9.90 Å². The Morgan fingerprint density at radius 1 is 1.00 bits per heavy atom. The second kappa shape index (κ2) is 10.2. The van der Waals surface area contributed by atoms with Crippen LogP contribution in [-0.2, 0) is 4.79 Å². The first-order chi connectivity index (χ1) is 15.2. The van der Waals surface area contributed by atoms with E-state index in [4.69, 9.17) is 0 Å². The molecule has 0 saturated carbocycles. The van der Waals surface area contributed by atoms with Crippen molar-refractivity contribution in [2.75, 3.05) is 44.6 Å². The molecule has 2 aliphatic rings. The standard InChI is InChI=1S/C18H18N4O.C5H10N2O/c23-16-8-4-2-6-14(16)18-21-15-7-3-1-5-13(15)17(22-18)20-12-9-10-19-11-12;8-5-7-3-1-6-2-4-7/h1-8,12,19,23H,9-11H2,(H,20,21,22);5-6H,1-4H2. The maximum Gasteiger partial charge on any atom is 0.209 e. The van der Waals surface area contributed by atoms with Crippen molar-refractivity contribution in [3.8, 4) is 17.1 Å². The number of benzene rings is 2. The zero-order chi connectivity index (χ0) is 21.5. The van der Waals surface area contributed by atoms with Crippen LogP contribution in [0.3, 0.4) is 0 Å². The Morgan fingerprint density at radius 2 is 1.77 bits per heavy atom. The summed E-state index contributed by atoms with van der Waals surface area (Å²) in [5.74, 6) is 1.55. The van der Waals surface area contributed by atoms with Crippen molar-refractivity contribution in [3.05, 3.63) is 48.5 Å². The molecular weight excluding hydrogens is 392 g/mol. The smallest absolute Gasteiger partial charge is 0.209 e. The van der Waals surface area contributed by atoms with Gasteiger partial charge in [0, 0.05) is 44.2 Å². The average molecular weight is 421 g/mol. The highest BCUT2D eigenvalue weighted by Crippen LogP contribution is 2.30. The quantitative estimate of drug-likeness (QED) is 0.478. The Balaban J connectivity index is 0.000000245. The number of carbonyl (C=O) groups excluding carboxylic acids is 1. The Hall–Kier alpha value is -3.23. The number of fused-ring (bicyclic) bond motifs is 1. The fourth-order valence-electron chi connectivity index (χ4n) is 3.73. The number of aromatic nitrogens is 2. The van der Waals surface area contributed by atoms with E-state index in [1.807, 2.05) is 36.4 Å². The van der Waals surface area contributed by atoms with Crippen LogP contribution < -0.4 is 16.0 Å². The molecule has 2 aliphatic heterocycles. The van der Waals surface area contributed by atoms with Crippen molar-refractivity contribution in [1.82, 2.24) is 25.5 Å². The predicted molar refractivity (Wildman–Crippen MR) is 122 cm³/mol. The molecule has 4 N–H and O–H groups in total. The molecule has 2 saturated heterocycles. The number of hydrogen-bond acceptors (Lipinski definition) is 7. The number of piperazine rings is 1. The first kappa shape index (κ1) is 21.0. The fraction of sp³-hybridized carbons (Fsp3) is 0.348. The van der Waals surface area contributed by atoms with Gasteiger partial charge in [-0.15, -0.1) is 0 Å². The molecule has 3 aromatic rings. The molecule has 1 atom stereocenters. The molecule has 8 nitrogen and oxygen atoms in total. The Labute approximate surface area is 181 Å². The molecule has 0 spiro atoms. The normalized spacial score (nSPS) is 18.3. The van der Waals surface area contributed by atoms with Gasteiger partial charge < -0.3 is 26.0 Å². The molecule has 8 heteroatoms. The number of anilines is 1. The van der Waals surface area contributed by atoms with Crippen LogP contribution in [0, 0.1) is 0 Å². The van der Waals surface area contributed by atoms with E-state index in [0.717, 1.165) is 68.8 Å². The Kier molecular flexibility index (Phi) is 6.91. The molecule has 5 rings (SSSR count). The molecule has 0 radical (unpaired) electrons. The maximum absolute atomic E-state index is 10.1. The van der Waals surface area contributed by atoms with Gasteiger partial charge in [-0.1, -0.05) is 24.3 Å². The third kappa shape index (κ3) is 5.28. The van der Waals surface area contributed by atoms with Gasteiger partial charge in [-0.2, -0.15) is 0 Å². The zero-order valence-electron chi connectivity index (χ0n) is 17.4. The number of hydrogen-bond donors (Lipinski definition) is 4. The maximum atomic E-state index is 10.1. The molecule has 162 valence electrons. The lowest BCUT2D eigenvalue weighted by atomic mass is 10.1.